The van der Waals surface area contributed by atoms with Crippen LogP contribution in [0.5, 0.6) is 5.75 Å². The van der Waals surface area contributed by atoms with Crippen molar-refractivity contribution in [2.45, 2.75) is 58.2 Å². The zero-order valence-electron chi connectivity index (χ0n) is 29.9. The van der Waals surface area contributed by atoms with Crippen molar-refractivity contribution in [3.8, 4) is 11.4 Å². The molecule has 0 saturated carbocycles. The van der Waals surface area contributed by atoms with E-state index in [0.717, 1.165) is 67.9 Å². The summed E-state index contributed by atoms with van der Waals surface area (Å²) < 4.78 is 46.0. The molecular formula is C39H46F2N8O3. The maximum Gasteiger partial charge on any atom is 0.350 e. The van der Waals surface area contributed by atoms with Gasteiger partial charge in [-0.25, -0.2) is 32.5 Å². The molecule has 0 radical (unpaired) electrons. The molecule has 0 spiro atoms. The molecular weight excluding hydrogens is 666 g/mol. The van der Waals surface area contributed by atoms with Crippen molar-refractivity contribution in [3.05, 3.63) is 113 Å². The fourth-order valence-electron chi connectivity index (χ4n) is 7.61. The maximum atomic E-state index is 15.0. The molecule has 4 heterocycles. The topological polar surface area (TPSA) is 95.5 Å². The van der Waals surface area contributed by atoms with E-state index in [1.807, 2.05) is 24.3 Å². The van der Waals surface area contributed by atoms with Gasteiger partial charge in [-0.2, -0.15) is 10.2 Å². The minimum Gasteiger partial charge on any atom is -0.493 e. The first kappa shape index (κ1) is 35.4. The van der Waals surface area contributed by atoms with E-state index in [1.165, 1.54) is 18.5 Å². The number of aromatic nitrogens is 6. The van der Waals surface area contributed by atoms with Gasteiger partial charge in [-0.3, -0.25) is 0 Å². The predicted molar refractivity (Wildman–Crippen MR) is 195 cm³/mol. The van der Waals surface area contributed by atoms with E-state index < -0.39 is 17.2 Å². The molecule has 13 heteroatoms. The second-order valence-corrected chi connectivity index (χ2v) is 14.0. The largest absolute Gasteiger partial charge is 0.493 e. The highest BCUT2D eigenvalue weighted by Gasteiger charge is 2.44. The van der Waals surface area contributed by atoms with E-state index >= 15 is 0 Å². The molecule has 0 amide bonds. The van der Waals surface area contributed by atoms with Gasteiger partial charge in [0.05, 0.1) is 31.5 Å². The Hall–Kier alpha value is -5.04. The minimum atomic E-state index is -1.01. The van der Waals surface area contributed by atoms with Gasteiger partial charge in [0.25, 0.3) is 0 Å². The van der Waals surface area contributed by atoms with Crippen molar-refractivity contribution in [1.29, 1.82) is 0 Å². The zero-order chi connectivity index (χ0) is 36.2. The highest BCUT2D eigenvalue weighted by Crippen LogP contribution is 2.42. The molecule has 5 aromatic rings. The van der Waals surface area contributed by atoms with Crippen molar-refractivity contribution in [3.63, 3.8) is 0 Å². The summed E-state index contributed by atoms with van der Waals surface area (Å²) in [7, 11) is 0. The van der Waals surface area contributed by atoms with Gasteiger partial charge in [0.1, 0.15) is 42.0 Å². The number of anilines is 2. The van der Waals surface area contributed by atoms with Crippen LogP contribution < -0.4 is 20.2 Å². The van der Waals surface area contributed by atoms with E-state index in [-0.39, 0.29) is 24.2 Å². The van der Waals surface area contributed by atoms with Gasteiger partial charge >= 0.3 is 5.69 Å². The molecule has 1 unspecified atom stereocenters. The third-order valence-corrected chi connectivity index (χ3v) is 10.7. The highest BCUT2D eigenvalue weighted by molar-refractivity contribution is 5.54. The van der Waals surface area contributed by atoms with Crippen LogP contribution in [0.4, 0.5) is 20.2 Å². The van der Waals surface area contributed by atoms with Gasteiger partial charge < -0.3 is 19.3 Å². The lowest BCUT2D eigenvalue weighted by Crippen LogP contribution is -2.46. The Morgan fingerprint density at radius 1 is 0.885 bits per heavy atom. The molecule has 2 aliphatic heterocycles. The smallest absolute Gasteiger partial charge is 0.350 e. The van der Waals surface area contributed by atoms with Crippen LogP contribution in [0.3, 0.4) is 0 Å². The molecule has 2 fully saturated rings. The average molecular weight is 713 g/mol. The van der Waals surface area contributed by atoms with Gasteiger partial charge in [0.2, 0.25) is 0 Å². The summed E-state index contributed by atoms with van der Waals surface area (Å²) in [6, 6.07) is 20.0. The Bertz CT molecular complexity index is 1970. The first-order chi connectivity index (χ1) is 25.3. The fourth-order valence-corrected chi connectivity index (χ4v) is 7.61. The van der Waals surface area contributed by atoms with E-state index in [2.05, 4.69) is 70.0 Å². The Balaban J connectivity index is 0.922. The fraction of sp³-hybridized carbons (Fsp3) is 0.436. The first-order valence-corrected chi connectivity index (χ1v) is 18.2. The van der Waals surface area contributed by atoms with Crippen LogP contribution in [0.1, 0.15) is 51.6 Å². The van der Waals surface area contributed by atoms with E-state index in [0.29, 0.717) is 31.1 Å². The van der Waals surface area contributed by atoms with Gasteiger partial charge in [0, 0.05) is 55.1 Å². The van der Waals surface area contributed by atoms with E-state index in [4.69, 9.17) is 9.47 Å². The molecule has 2 saturated heterocycles. The Labute approximate surface area is 302 Å². The van der Waals surface area contributed by atoms with Gasteiger partial charge in [-0.15, -0.1) is 0 Å². The summed E-state index contributed by atoms with van der Waals surface area (Å²) in [5, 5.41) is 8.65. The van der Waals surface area contributed by atoms with Crippen LogP contribution in [0, 0.1) is 23.5 Å². The maximum absolute atomic E-state index is 15.0. The molecule has 0 N–H and O–H groups in total. The third kappa shape index (κ3) is 7.32. The van der Waals surface area contributed by atoms with Gasteiger partial charge in [-0.05, 0) is 73.4 Å². The molecule has 7 rings (SSSR count). The van der Waals surface area contributed by atoms with E-state index in [9.17, 15) is 13.6 Å². The summed E-state index contributed by atoms with van der Waals surface area (Å²) in [5.74, 6) is -0.154. The average Bonchev–Trinajstić information content (AvgIpc) is 3.93. The van der Waals surface area contributed by atoms with Gasteiger partial charge in [0.15, 0.2) is 0 Å². The van der Waals surface area contributed by atoms with Gasteiger partial charge in [-0.1, -0.05) is 33.3 Å². The SMILES string of the molecule is CC[C@@H](C)[C@H](CC)n1ncn(-c2ccc(N3CCN(c4ccc(OC[C@H]5COC(Cn6cncn6)(c6ccc(F)cc6F)C5)cc4)CC3)cc2)c1=O. The number of nitrogens with zero attached hydrogens (tertiary/aromatic N) is 8. The van der Waals surface area contributed by atoms with Crippen molar-refractivity contribution in [2.24, 2.45) is 11.8 Å². The molecule has 0 aliphatic carbocycles. The quantitative estimate of drug-likeness (QED) is 0.142. The second-order valence-electron chi connectivity index (χ2n) is 14.0. The highest BCUT2D eigenvalue weighted by atomic mass is 19.1. The molecule has 4 atom stereocenters. The first-order valence-electron chi connectivity index (χ1n) is 18.2. The van der Waals surface area contributed by atoms with Crippen molar-refractivity contribution in [1.82, 2.24) is 29.1 Å². The Kier molecular flexibility index (Phi) is 10.4. The minimum absolute atomic E-state index is 0.00325. The molecule has 0 bridgehead atoms. The number of benzene rings is 3. The lowest BCUT2D eigenvalue weighted by molar-refractivity contribution is -0.0206. The summed E-state index contributed by atoms with van der Waals surface area (Å²) in [4.78, 5) is 22.0. The van der Waals surface area contributed by atoms with E-state index in [1.54, 1.807) is 26.6 Å². The standard InChI is InChI=1S/C39H46F2N8O3/c1-4-28(3)37(5-2)49-38(50)48(27-44-49)33-9-7-31(8-10-33)45-16-18-46(19-17-45)32-11-13-34(14-12-32)51-22-29-21-39(52-23-29,24-47-26-42-25-43-47)35-15-6-30(40)20-36(35)41/h6-15,20,25-29,37H,4-5,16-19,21-24H2,1-3H3/t28-,29+,37+,39?/m1/s1. The normalized spacial score (nSPS) is 20.3. The zero-order valence-corrected chi connectivity index (χ0v) is 29.9. The molecule has 11 nitrogen and oxygen atoms in total. The van der Waals surface area contributed by atoms with Crippen molar-refractivity contribution in [2.75, 3.05) is 49.2 Å². The molecule has 3 aromatic carbocycles. The van der Waals surface area contributed by atoms with Crippen LogP contribution in [0.2, 0.25) is 0 Å². The number of ether oxygens (including phenoxy) is 2. The third-order valence-electron chi connectivity index (χ3n) is 10.7. The number of piperazine rings is 1. The Morgan fingerprint density at radius 2 is 1.56 bits per heavy atom. The summed E-state index contributed by atoms with van der Waals surface area (Å²) >= 11 is 0. The van der Waals surface area contributed by atoms with Crippen LogP contribution in [-0.4, -0.2) is 68.5 Å². The van der Waals surface area contributed by atoms with Crippen molar-refractivity contribution >= 4 is 11.4 Å². The molecule has 2 aliphatic rings. The lowest BCUT2D eigenvalue weighted by atomic mass is 9.87. The molecule has 2 aromatic heterocycles. The lowest BCUT2D eigenvalue weighted by Gasteiger charge is -2.37. The van der Waals surface area contributed by atoms with Crippen LogP contribution in [-0.2, 0) is 16.9 Å². The van der Waals surface area contributed by atoms with Crippen molar-refractivity contribution < 1.29 is 18.3 Å². The monoisotopic (exact) mass is 712 g/mol. The molecule has 274 valence electrons. The number of halogens is 2. The second kappa shape index (κ2) is 15.3. The summed E-state index contributed by atoms with van der Waals surface area (Å²) in [5.41, 5.74) is 2.26. The number of hydrogen-bond donors (Lipinski definition) is 0. The summed E-state index contributed by atoms with van der Waals surface area (Å²) in [6.07, 6.45) is 6.96. The van der Waals surface area contributed by atoms with Crippen LogP contribution in [0.15, 0.2) is 90.5 Å². The predicted octanol–water partition coefficient (Wildman–Crippen LogP) is 6.24. The number of rotatable bonds is 13. The number of hydrogen-bond acceptors (Lipinski definition) is 8. The van der Waals surface area contributed by atoms with Crippen LogP contribution >= 0.6 is 0 Å². The van der Waals surface area contributed by atoms with Crippen LogP contribution in [0.25, 0.3) is 5.69 Å². The Morgan fingerprint density at radius 3 is 2.17 bits per heavy atom. The summed E-state index contributed by atoms with van der Waals surface area (Å²) in [6.45, 7) is 10.9. The molecule has 52 heavy (non-hydrogen) atoms.